The fourth-order valence-electron chi connectivity index (χ4n) is 2.46. The molecule has 2 aromatic rings. The van der Waals surface area contributed by atoms with Crippen molar-refractivity contribution < 1.29 is 14.1 Å². The number of amides is 1. The lowest BCUT2D eigenvalue weighted by Crippen LogP contribution is -2.33. The van der Waals surface area contributed by atoms with Gasteiger partial charge in [-0.05, 0) is 31.4 Å². The maximum absolute atomic E-state index is 12.5. The van der Waals surface area contributed by atoms with Gasteiger partial charge >= 0.3 is 0 Å². The van der Waals surface area contributed by atoms with Gasteiger partial charge in [-0.25, -0.2) is 0 Å². The summed E-state index contributed by atoms with van der Waals surface area (Å²) in [5.41, 5.74) is 0.575. The molecule has 0 atom stereocenters. The number of rotatable bonds is 7. The van der Waals surface area contributed by atoms with Gasteiger partial charge in [-0.1, -0.05) is 5.16 Å². The number of carbonyl (C=O) groups is 1. The molecule has 1 amide bonds. The first kappa shape index (κ1) is 16.4. The number of carbonyl (C=O) groups excluding carboxylic acids is 1. The predicted molar refractivity (Wildman–Crippen MR) is 84.8 cm³/mol. The van der Waals surface area contributed by atoms with E-state index >= 15 is 0 Å². The minimum atomic E-state index is -0.427. The van der Waals surface area contributed by atoms with Gasteiger partial charge in [0, 0.05) is 25.8 Å². The van der Waals surface area contributed by atoms with Crippen LogP contribution in [0.15, 0.2) is 21.6 Å². The van der Waals surface area contributed by atoms with E-state index in [1.807, 2.05) is 0 Å². The number of pyridine rings is 1. The van der Waals surface area contributed by atoms with Gasteiger partial charge in [0.1, 0.15) is 5.56 Å². The van der Waals surface area contributed by atoms with E-state index in [9.17, 15) is 9.59 Å². The molecular weight excluding hydrogens is 312 g/mol. The minimum Gasteiger partial charge on any atom is -0.384 e. The van der Waals surface area contributed by atoms with E-state index < -0.39 is 5.91 Å². The highest BCUT2D eigenvalue weighted by Gasteiger charge is 2.27. The van der Waals surface area contributed by atoms with Crippen LogP contribution in [0.2, 0.25) is 0 Å². The summed E-state index contributed by atoms with van der Waals surface area (Å²) in [6.45, 7) is 2.33. The van der Waals surface area contributed by atoms with Gasteiger partial charge in [-0.3, -0.25) is 9.59 Å². The summed E-state index contributed by atoms with van der Waals surface area (Å²) < 4.78 is 11.6. The molecule has 0 unspecified atom stereocenters. The summed E-state index contributed by atoms with van der Waals surface area (Å²) in [4.78, 5) is 29.0. The average Bonchev–Trinajstić information content (AvgIpc) is 3.30. The molecular formula is C16H20N4O4. The second-order valence-electron chi connectivity index (χ2n) is 5.85. The lowest BCUT2D eigenvalue weighted by molar-refractivity contribution is 0.0943. The Morgan fingerprint density at radius 1 is 1.50 bits per heavy atom. The number of nitrogens with one attached hydrogen (secondary N) is 1. The van der Waals surface area contributed by atoms with Crippen LogP contribution in [0.1, 0.15) is 46.5 Å². The van der Waals surface area contributed by atoms with Crippen molar-refractivity contribution in [3.63, 3.8) is 0 Å². The molecule has 3 rings (SSSR count). The third kappa shape index (κ3) is 3.53. The van der Waals surface area contributed by atoms with Gasteiger partial charge < -0.3 is 19.1 Å². The topological polar surface area (TPSA) is 99.3 Å². The zero-order valence-electron chi connectivity index (χ0n) is 13.7. The average molecular weight is 332 g/mol. The minimum absolute atomic E-state index is 0.0794. The van der Waals surface area contributed by atoms with Crippen molar-refractivity contribution in [1.29, 1.82) is 0 Å². The monoisotopic (exact) mass is 332 g/mol. The molecule has 1 aliphatic carbocycles. The molecule has 1 aliphatic rings. The van der Waals surface area contributed by atoms with Gasteiger partial charge in [0.05, 0.1) is 13.2 Å². The van der Waals surface area contributed by atoms with Crippen molar-refractivity contribution >= 4 is 5.91 Å². The standard InChI is InChI=1S/C16H20N4O4/c1-10-5-7-20(11-3-4-11)16(22)14(10)15(21)17-9-13-18-12(19-24-13)6-8-23-2/h5,7,11H,3-4,6,8-9H2,1-2H3,(H,17,21). The summed E-state index contributed by atoms with van der Waals surface area (Å²) in [6.07, 6.45) is 4.26. The lowest BCUT2D eigenvalue weighted by Gasteiger charge is -2.09. The quantitative estimate of drug-likeness (QED) is 0.812. The molecule has 8 nitrogen and oxygen atoms in total. The molecule has 1 saturated carbocycles. The van der Waals surface area contributed by atoms with Gasteiger partial charge in [0.2, 0.25) is 5.89 Å². The van der Waals surface area contributed by atoms with Crippen LogP contribution in [-0.2, 0) is 17.7 Å². The van der Waals surface area contributed by atoms with E-state index in [0.717, 1.165) is 12.8 Å². The van der Waals surface area contributed by atoms with Crippen molar-refractivity contribution in [1.82, 2.24) is 20.0 Å². The number of aryl methyl sites for hydroxylation is 1. The van der Waals surface area contributed by atoms with Crippen LogP contribution in [-0.4, -0.2) is 34.3 Å². The van der Waals surface area contributed by atoms with Crippen molar-refractivity contribution in [2.45, 2.75) is 38.8 Å². The molecule has 2 aromatic heterocycles. The Labute approximate surface area is 138 Å². The lowest BCUT2D eigenvalue weighted by atomic mass is 10.1. The molecule has 24 heavy (non-hydrogen) atoms. The first-order valence-electron chi connectivity index (χ1n) is 7.90. The van der Waals surface area contributed by atoms with Crippen LogP contribution in [0, 0.1) is 6.92 Å². The third-order valence-electron chi connectivity index (χ3n) is 3.94. The Bertz CT molecular complexity index is 792. The number of ether oxygens (including phenoxy) is 1. The van der Waals surface area contributed by atoms with E-state index in [1.54, 1.807) is 30.9 Å². The molecule has 2 heterocycles. The number of hydrogen-bond acceptors (Lipinski definition) is 6. The molecule has 0 spiro atoms. The van der Waals surface area contributed by atoms with E-state index in [2.05, 4.69) is 15.5 Å². The highest BCUT2D eigenvalue weighted by Crippen LogP contribution is 2.33. The zero-order valence-corrected chi connectivity index (χ0v) is 13.7. The maximum atomic E-state index is 12.5. The summed E-state index contributed by atoms with van der Waals surface area (Å²) in [6, 6.07) is 2.02. The van der Waals surface area contributed by atoms with Crippen molar-refractivity contribution in [3.8, 4) is 0 Å². The smallest absolute Gasteiger partial charge is 0.263 e. The Kier molecular flexibility index (Phi) is 4.75. The number of nitrogens with zero attached hydrogens (tertiary/aromatic N) is 3. The third-order valence-corrected chi connectivity index (χ3v) is 3.94. The van der Waals surface area contributed by atoms with Gasteiger partial charge in [0.25, 0.3) is 11.5 Å². The fraction of sp³-hybridized carbons (Fsp3) is 0.500. The summed E-state index contributed by atoms with van der Waals surface area (Å²) in [5, 5.41) is 6.47. The van der Waals surface area contributed by atoms with Crippen molar-refractivity contribution in [2.75, 3.05) is 13.7 Å². The second kappa shape index (κ2) is 6.96. The van der Waals surface area contributed by atoms with Crippen LogP contribution in [0.5, 0.6) is 0 Å². The van der Waals surface area contributed by atoms with Crippen LogP contribution < -0.4 is 10.9 Å². The van der Waals surface area contributed by atoms with Crippen LogP contribution in [0.3, 0.4) is 0 Å². The number of hydrogen-bond donors (Lipinski definition) is 1. The van der Waals surface area contributed by atoms with Gasteiger partial charge in [0.15, 0.2) is 5.82 Å². The predicted octanol–water partition coefficient (Wildman–Crippen LogP) is 0.994. The second-order valence-corrected chi connectivity index (χ2v) is 5.85. The molecule has 128 valence electrons. The molecule has 0 aliphatic heterocycles. The van der Waals surface area contributed by atoms with E-state index in [-0.39, 0.29) is 23.7 Å². The maximum Gasteiger partial charge on any atom is 0.263 e. The number of methoxy groups -OCH3 is 1. The van der Waals surface area contributed by atoms with Gasteiger partial charge in [-0.2, -0.15) is 4.98 Å². The molecule has 1 fully saturated rings. The van der Waals surface area contributed by atoms with E-state index in [4.69, 9.17) is 9.26 Å². The molecule has 0 radical (unpaired) electrons. The Morgan fingerprint density at radius 3 is 3.00 bits per heavy atom. The van der Waals surface area contributed by atoms with Gasteiger partial charge in [-0.15, -0.1) is 0 Å². The summed E-state index contributed by atoms with van der Waals surface area (Å²) in [7, 11) is 1.60. The fourth-order valence-corrected chi connectivity index (χ4v) is 2.46. The van der Waals surface area contributed by atoms with Crippen molar-refractivity contribution in [2.24, 2.45) is 0 Å². The SMILES string of the molecule is COCCc1noc(CNC(=O)c2c(C)ccn(C3CC3)c2=O)n1. The highest BCUT2D eigenvalue weighted by molar-refractivity contribution is 5.95. The largest absolute Gasteiger partial charge is 0.384 e. The van der Waals surface area contributed by atoms with Crippen LogP contribution >= 0.6 is 0 Å². The number of aromatic nitrogens is 3. The Balaban J connectivity index is 1.68. The highest BCUT2D eigenvalue weighted by atomic mass is 16.5. The van der Waals surface area contributed by atoms with E-state index in [1.165, 1.54) is 0 Å². The molecule has 8 heteroatoms. The van der Waals surface area contributed by atoms with Crippen molar-refractivity contribution in [3.05, 3.63) is 45.5 Å². The first-order valence-corrected chi connectivity index (χ1v) is 7.90. The molecule has 0 saturated heterocycles. The molecule has 0 bridgehead atoms. The normalized spacial score (nSPS) is 13.9. The molecule has 1 N–H and O–H groups in total. The first-order chi connectivity index (χ1) is 11.6. The van der Waals surface area contributed by atoms with Crippen LogP contribution in [0.4, 0.5) is 0 Å². The van der Waals surface area contributed by atoms with Crippen LogP contribution in [0.25, 0.3) is 0 Å². The Morgan fingerprint density at radius 2 is 2.29 bits per heavy atom. The molecule has 0 aromatic carbocycles. The Hall–Kier alpha value is -2.48. The summed E-state index contributed by atoms with van der Waals surface area (Å²) >= 11 is 0. The zero-order chi connectivity index (χ0) is 17.1. The summed E-state index contributed by atoms with van der Waals surface area (Å²) in [5.74, 6) is 0.391. The van der Waals surface area contributed by atoms with E-state index in [0.29, 0.717) is 30.3 Å².